The number of nitrogens with zero attached hydrogens (tertiary/aromatic N) is 5. The molecule has 1 aliphatic heterocycles. The number of furan rings is 1. The van der Waals surface area contributed by atoms with E-state index in [9.17, 15) is 9.59 Å². The molecule has 12 heteroatoms. The van der Waals surface area contributed by atoms with E-state index in [1.165, 1.54) is 23.1 Å². The summed E-state index contributed by atoms with van der Waals surface area (Å²) in [5.74, 6) is 1.42. The molecule has 1 aliphatic rings. The molecule has 0 saturated carbocycles. The van der Waals surface area contributed by atoms with Crippen LogP contribution in [0.5, 0.6) is 11.5 Å². The fourth-order valence-corrected chi connectivity index (χ4v) is 6.57. The zero-order chi connectivity index (χ0) is 30.0. The van der Waals surface area contributed by atoms with E-state index in [-0.39, 0.29) is 11.5 Å². The number of hydrogen-bond donors (Lipinski definition) is 0. The second kappa shape index (κ2) is 12.4. The minimum Gasteiger partial charge on any atom is -0.497 e. The Morgan fingerprint density at radius 3 is 2.62 bits per heavy atom. The molecule has 3 aromatic heterocycles. The van der Waals surface area contributed by atoms with Gasteiger partial charge in [0, 0.05) is 36.6 Å². The van der Waals surface area contributed by atoms with Gasteiger partial charge in [-0.2, -0.15) is 0 Å². The SMILES string of the molecule is CCN(CC)C(=O)C1=C(C)N=c2s/c(=C\c3ccc(Sc4nccc(C)n4)o3)c(=O)n2[C@@H]1c1cc(OC)ccc1OC. The lowest BCUT2D eigenvalue weighted by atomic mass is 9.93. The lowest BCUT2D eigenvalue weighted by molar-refractivity contribution is -0.127. The van der Waals surface area contributed by atoms with Crippen molar-refractivity contribution in [3.8, 4) is 11.5 Å². The molecule has 0 bridgehead atoms. The molecular weight excluding hydrogens is 574 g/mol. The standard InChI is InChI=1S/C30H31N5O5S2/c1-7-34(8-2)28(37)25-18(4)33-30-35(26(25)21-15-19(38-5)9-11-22(21)39-6)27(36)23(41-30)16-20-10-12-24(40-20)42-29-31-14-13-17(3)32-29/h9-16,26H,7-8H2,1-6H3/b23-16-/t26-/m1/s1. The van der Waals surface area contributed by atoms with Gasteiger partial charge in [0.2, 0.25) is 0 Å². The van der Waals surface area contributed by atoms with Crippen LogP contribution < -0.4 is 24.4 Å². The van der Waals surface area contributed by atoms with Gasteiger partial charge in [-0.05, 0) is 75.9 Å². The molecule has 4 heterocycles. The van der Waals surface area contributed by atoms with E-state index in [1.807, 2.05) is 32.9 Å². The molecular formula is C30H31N5O5S2. The number of allylic oxidation sites excluding steroid dienone is 1. The van der Waals surface area contributed by atoms with E-state index < -0.39 is 6.04 Å². The molecule has 5 rings (SSSR count). The molecule has 1 aromatic carbocycles. The molecule has 0 unspecified atom stereocenters. The van der Waals surface area contributed by atoms with Crippen LogP contribution in [0.1, 0.15) is 43.8 Å². The Hall–Kier alpha value is -4.16. The first-order chi connectivity index (χ1) is 20.3. The fourth-order valence-electron chi connectivity index (χ4n) is 4.78. The van der Waals surface area contributed by atoms with Gasteiger partial charge in [0.15, 0.2) is 15.1 Å². The number of fused-ring (bicyclic) bond motifs is 1. The van der Waals surface area contributed by atoms with Crippen LogP contribution in [0.2, 0.25) is 0 Å². The topological polar surface area (TPSA) is 112 Å². The number of methoxy groups -OCH3 is 2. The highest BCUT2D eigenvalue weighted by Gasteiger charge is 2.36. The summed E-state index contributed by atoms with van der Waals surface area (Å²) >= 11 is 2.54. The normalized spacial score (nSPS) is 14.9. The summed E-state index contributed by atoms with van der Waals surface area (Å²) in [7, 11) is 3.13. The van der Waals surface area contributed by atoms with Gasteiger partial charge in [0.25, 0.3) is 11.5 Å². The van der Waals surface area contributed by atoms with Crippen LogP contribution in [0.15, 0.2) is 78.3 Å². The molecule has 218 valence electrons. The Labute approximate surface area is 251 Å². The molecule has 1 atom stereocenters. The predicted molar refractivity (Wildman–Crippen MR) is 161 cm³/mol. The number of carbonyl (C=O) groups excluding carboxylic acids is 1. The van der Waals surface area contributed by atoms with Crippen LogP contribution in [0.4, 0.5) is 0 Å². The van der Waals surface area contributed by atoms with Crippen LogP contribution in [-0.4, -0.2) is 52.7 Å². The molecule has 0 aliphatic carbocycles. The van der Waals surface area contributed by atoms with Crippen molar-refractivity contribution in [3.63, 3.8) is 0 Å². The van der Waals surface area contributed by atoms with E-state index in [0.717, 1.165) is 5.69 Å². The maximum absolute atomic E-state index is 14.1. The number of amides is 1. The summed E-state index contributed by atoms with van der Waals surface area (Å²) in [4.78, 5) is 43.6. The predicted octanol–water partition coefficient (Wildman–Crippen LogP) is 3.96. The van der Waals surface area contributed by atoms with Crippen molar-refractivity contribution in [2.45, 2.75) is 44.0 Å². The first-order valence-electron chi connectivity index (χ1n) is 13.4. The van der Waals surface area contributed by atoms with Crippen LogP contribution in [0.3, 0.4) is 0 Å². The molecule has 42 heavy (non-hydrogen) atoms. The highest BCUT2D eigenvalue weighted by Crippen LogP contribution is 2.38. The third-order valence-electron chi connectivity index (χ3n) is 6.87. The highest BCUT2D eigenvalue weighted by atomic mass is 32.2. The van der Waals surface area contributed by atoms with E-state index in [1.54, 1.807) is 67.1 Å². The number of hydrogen-bond acceptors (Lipinski definition) is 10. The van der Waals surface area contributed by atoms with Crippen molar-refractivity contribution in [1.82, 2.24) is 19.4 Å². The monoisotopic (exact) mass is 605 g/mol. The quantitative estimate of drug-likeness (QED) is 0.264. The summed E-state index contributed by atoms with van der Waals surface area (Å²) in [6, 6.07) is 10.0. The molecule has 0 spiro atoms. The Kier molecular flexibility index (Phi) is 8.64. The zero-order valence-corrected chi connectivity index (χ0v) is 25.8. The second-order valence-corrected chi connectivity index (χ2v) is 11.4. The smallest absolute Gasteiger partial charge is 0.271 e. The summed E-state index contributed by atoms with van der Waals surface area (Å²) in [5.41, 5.74) is 2.16. The van der Waals surface area contributed by atoms with Gasteiger partial charge in [0.05, 0.1) is 30.0 Å². The maximum atomic E-state index is 14.1. The van der Waals surface area contributed by atoms with Gasteiger partial charge in [-0.1, -0.05) is 11.3 Å². The Bertz CT molecular complexity index is 1850. The molecule has 4 aromatic rings. The number of likely N-dealkylation sites (N-methyl/N-ethyl adjacent to an activating group) is 1. The largest absolute Gasteiger partial charge is 0.497 e. The minimum absolute atomic E-state index is 0.184. The maximum Gasteiger partial charge on any atom is 0.271 e. The second-order valence-electron chi connectivity index (χ2n) is 9.41. The third-order valence-corrected chi connectivity index (χ3v) is 8.66. The number of aromatic nitrogens is 3. The molecule has 10 nitrogen and oxygen atoms in total. The van der Waals surface area contributed by atoms with Gasteiger partial charge in [-0.15, -0.1) is 0 Å². The Morgan fingerprint density at radius 1 is 1.14 bits per heavy atom. The average Bonchev–Trinajstić information content (AvgIpc) is 3.55. The third kappa shape index (κ3) is 5.64. The fraction of sp³-hybridized carbons (Fsp3) is 0.300. The van der Waals surface area contributed by atoms with Gasteiger partial charge in [0.1, 0.15) is 23.3 Å². The molecule has 0 N–H and O–H groups in total. The van der Waals surface area contributed by atoms with E-state index >= 15 is 0 Å². The number of thiazole rings is 1. The lowest BCUT2D eigenvalue weighted by Crippen LogP contribution is -2.43. The number of carbonyl (C=O) groups is 1. The van der Waals surface area contributed by atoms with Crippen molar-refractivity contribution < 1.29 is 18.7 Å². The van der Waals surface area contributed by atoms with Crippen LogP contribution >= 0.6 is 23.1 Å². The summed E-state index contributed by atoms with van der Waals surface area (Å²) < 4.78 is 19.2. The first kappa shape index (κ1) is 29.3. The first-order valence-corrected chi connectivity index (χ1v) is 15.0. The van der Waals surface area contributed by atoms with Crippen molar-refractivity contribution in [1.29, 1.82) is 0 Å². The lowest BCUT2D eigenvalue weighted by Gasteiger charge is -2.30. The summed E-state index contributed by atoms with van der Waals surface area (Å²) in [5, 5.41) is 1.17. The molecule has 1 amide bonds. The minimum atomic E-state index is -0.775. The van der Waals surface area contributed by atoms with Gasteiger partial charge >= 0.3 is 0 Å². The van der Waals surface area contributed by atoms with Crippen molar-refractivity contribution in [2.75, 3.05) is 27.3 Å². The zero-order valence-electron chi connectivity index (χ0n) is 24.2. The number of aryl methyl sites for hydroxylation is 1. The van der Waals surface area contributed by atoms with Crippen LogP contribution in [0.25, 0.3) is 6.08 Å². The molecule has 0 fully saturated rings. The van der Waals surface area contributed by atoms with Crippen molar-refractivity contribution >= 4 is 35.1 Å². The Balaban J connectivity index is 1.65. The number of benzene rings is 1. The van der Waals surface area contributed by atoms with E-state index in [4.69, 9.17) is 18.9 Å². The number of ether oxygens (including phenoxy) is 2. The Morgan fingerprint density at radius 2 is 1.93 bits per heavy atom. The van der Waals surface area contributed by atoms with Gasteiger partial charge < -0.3 is 18.8 Å². The highest BCUT2D eigenvalue weighted by molar-refractivity contribution is 7.99. The van der Waals surface area contributed by atoms with Gasteiger partial charge in [-0.3, -0.25) is 14.2 Å². The summed E-state index contributed by atoms with van der Waals surface area (Å²) in [6.45, 7) is 8.59. The molecule has 0 saturated heterocycles. The van der Waals surface area contributed by atoms with E-state index in [2.05, 4.69) is 9.97 Å². The average molecular weight is 606 g/mol. The number of rotatable bonds is 9. The summed E-state index contributed by atoms with van der Waals surface area (Å²) in [6.07, 6.45) is 3.39. The van der Waals surface area contributed by atoms with Crippen molar-refractivity contribution in [2.24, 2.45) is 4.99 Å². The van der Waals surface area contributed by atoms with Crippen molar-refractivity contribution in [3.05, 3.63) is 90.6 Å². The van der Waals surface area contributed by atoms with Crippen LogP contribution in [-0.2, 0) is 4.79 Å². The van der Waals surface area contributed by atoms with Crippen LogP contribution in [0, 0.1) is 6.92 Å². The molecule has 0 radical (unpaired) electrons. The van der Waals surface area contributed by atoms with E-state index in [0.29, 0.717) is 66.8 Å². The van der Waals surface area contributed by atoms with Gasteiger partial charge in [-0.25, -0.2) is 15.0 Å².